The summed E-state index contributed by atoms with van der Waals surface area (Å²) in [7, 11) is 0. The number of hydrogen-bond acceptors (Lipinski definition) is 4. The van der Waals surface area contributed by atoms with E-state index in [0.29, 0.717) is 12.4 Å². The third-order valence-electron chi connectivity index (χ3n) is 2.07. The first-order chi connectivity index (χ1) is 8.16. The molecular formula is C11H9BrN2O3. The van der Waals surface area contributed by atoms with Gasteiger partial charge in [0.2, 0.25) is 11.7 Å². The molecule has 88 valence electrons. The number of carboxylic acids is 1. The van der Waals surface area contributed by atoms with Crippen molar-refractivity contribution in [2.24, 2.45) is 0 Å². The number of anilines is 1. The lowest BCUT2D eigenvalue weighted by Gasteiger charge is -2.05. The molecule has 0 aliphatic carbocycles. The van der Waals surface area contributed by atoms with Gasteiger partial charge < -0.3 is 14.8 Å². The molecule has 2 N–H and O–H groups in total. The predicted octanol–water partition coefficient (Wildman–Crippen LogP) is 2.75. The quantitative estimate of drug-likeness (QED) is 0.907. The summed E-state index contributed by atoms with van der Waals surface area (Å²) in [4.78, 5) is 14.4. The lowest BCUT2D eigenvalue weighted by atomic mass is 10.3. The van der Waals surface area contributed by atoms with Crippen LogP contribution in [0.2, 0.25) is 0 Å². The highest BCUT2D eigenvalue weighted by Crippen LogP contribution is 2.21. The topological polar surface area (TPSA) is 75.4 Å². The number of rotatable bonds is 4. The van der Waals surface area contributed by atoms with Crippen LogP contribution in [0.25, 0.3) is 0 Å². The molecule has 0 amide bonds. The van der Waals surface area contributed by atoms with Gasteiger partial charge in [0, 0.05) is 10.2 Å². The summed E-state index contributed by atoms with van der Waals surface area (Å²) < 4.78 is 5.94. The molecule has 6 heteroatoms. The van der Waals surface area contributed by atoms with Crippen molar-refractivity contribution in [3.8, 4) is 0 Å². The lowest BCUT2D eigenvalue weighted by Crippen LogP contribution is -2.00. The first kappa shape index (κ1) is 11.7. The lowest BCUT2D eigenvalue weighted by molar-refractivity contribution is 0.0660. The summed E-state index contributed by atoms with van der Waals surface area (Å²) in [5.74, 6) is -0.947. The van der Waals surface area contributed by atoms with Crippen LogP contribution < -0.4 is 5.32 Å². The highest BCUT2D eigenvalue weighted by Gasteiger charge is 2.10. The molecular weight excluding hydrogens is 288 g/mol. The average Bonchev–Trinajstić information content (AvgIpc) is 2.77. The Balaban J connectivity index is 2.02. The maximum Gasteiger partial charge on any atom is 0.373 e. The van der Waals surface area contributed by atoms with Crippen LogP contribution >= 0.6 is 15.9 Å². The van der Waals surface area contributed by atoms with Crippen LogP contribution in [0.3, 0.4) is 0 Å². The van der Waals surface area contributed by atoms with Gasteiger partial charge in [-0.1, -0.05) is 12.1 Å². The van der Waals surface area contributed by atoms with Crippen molar-refractivity contribution in [3.05, 3.63) is 46.6 Å². The zero-order valence-electron chi connectivity index (χ0n) is 8.68. The SMILES string of the molecule is O=C(O)c1cnc(CNc2ccccc2Br)o1. The number of carboxylic acid groups (broad SMARTS) is 1. The van der Waals surface area contributed by atoms with Crippen molar-refractivity contribution in [3.63, 3.8) is 0 Å². The molecule has 1 aromatic heterocycles. The van der Waals surface area contributed by atoms with E-state index in [2.05, 4.69) is 26.2 Å². The van der Waals surface area contributed by atoms with Crippen LogP contribution in [0.5, 0.6) is 0 Å². The van der Waals surface area contributed by atoms with Gasteiger partial charge in [0.1, 0.15) is 0 Å². The van der Waals surface area contributed by atoms with E-state index in [1.165, 1.54) is 6.20 Å². The molecule has 0 atom stereocenters. The molecule has 1 heterocycles. The summed E-state index contributed by atoms with van der Waals surface area (Å²) in [6, 6.07) is 7.60. The molecule has 0 aliphatic rings. The molecule has 2 rings (SSSR count). The van der Waals surface area contributed by atoms with Crippen LogP contribution in [0.1, 0.15) is 16.4 Å². The van der Waals surface area contributed by atoms with Crippen LogP contribution in [0.15, 0.2) is 39.4 Å². The fourth-order valence-electron chi connectivity index (χ4n) is 1.27. The van der Waals surface area contributed by atoms with Gasteiger partial charge in [0.05, 0.1) is 12.7 Å². The van der Waals surface area contributed by atoms with E-state index in [9.17, 15) is 4.79 Å². The largest absolute Gasteiger partial charge is 0.475 e. The summed E-state index contributed by atoms with van der Waals surface area (Å²) >= 11 is 3.39. The molecule has 0 bridgehead atoms. The van der Waals surface area contributed by atoms with E-state index in [-0.39, 0.29) is 5.76 Å². The van der Waals surface area contributed by atoms with Crippen molar-refractivity contribution in [2.75, 3.05) is 5.32 Å². The van der Waals surface area contributed by atoms with E-state index in [1.807, 2.05) is 24.3 Å². The Hall–Kier alpha value is -1.82. The summed E-state index contributed by atoms with van der Waals surface area (Å²) in [6.07, 6.45) is 1.19. The number of oxazole rings is 1. The standard InChI is InChI=1S/C11H9BrN2O3/c12-7-3-1-2-4-8(7)13-6-10-14-5-9(17-10)11(15)16/h1-5,13H,6H2,(H,15,16). The minimum atomic E-state index is -1.12. The zero-order chi connectivity index (χ0) is 12.3. The Kier molecular flexibility index (Phi) is 3.43. The molecule has 2 aromatic rings. The number of nitrogens with zero attached hydrogens (tertiary/aromatic N) is 1. The van der Waals surface area contributed by atoms with Gasteiger partial charge >= 0.3 is 5.97 Å². The second-order valence-corrected chi connectivity index (χ2v) is 4.11. The second-order valence-electron chi connectivity index (χ2n) is 3.26. The maximum atomic E-state index is 10.6. The molecule has 0 unspecified atom stereocenters. The predicted molar refractivity (Wildman–Crippen MR) is 64.9 cm³/mol. The van der Waals surface area contributed by atoms with Gasteiger partial charge in [-0.15, -0.1) is 0 Å². The van der Waals surface area contributed by atoms with Crippen molar-refractivity contribution in [1.82, 2.24) is 4.98 Å². The molecule has 1 aromatic carbocycles. The van der Waals surface area contributed by atoms with E-state index in [1.54, 1.807) is 0 Å². The first-order valence-corrected chi connectivity index (χ1v) is 5.62. The van der Waals surface area contributed by atoms with Crippen LogP contribution in [-0.4, -0.2) is 16.1 Å². The van der Waals surface area contributed by atoms with Crippen molar-refractivity contribution < 1.29 is 14.3 Å². The van der Waals surface area contributed by atoms with Gasteiger partial charge in [-0.2, -0.15) is 0 Å². The number of hydrogen-bond donors (Lipinski definition) is 2. The molecule has 0 aliphatic heterocycles. The van der Waals surface area contributed by atoms with Gasteiger partial charge in [-0.3, -0.25) is 0 Å². The van der Waals surface area contributed by atoms with Gasteiger partial charge in [-0.05, 0) is 28.1 Å². The number of benzene rings is 1. The zero-order valence-corrected chi connectivity index (χ0v) is 10.3. The number of halogens is 1. The minimum Gasteiger partial charge on any atom is -0.475 e. The third kappa shape index (κ3) is 2.85. The smallest absolute Gasteiger partial charge is 0.373 e. The molecule has 5 nitrogen and oxygen atoms in total. The Labute approximate surface area is 106 Å². The Morgan fingerprint density at radius 3 is 2.88 bits per heavy atom. The summed E-state index contributed by atoms with van der Waals surface area (Å²) in [5, 5.41) is 11.8. The second kappa shape index (κ2) is 5.01. The fourth-order valence-corrected chi connectivity index (χ4v) is 1.69. The minimum absolute atomic E-state index is 0.158. The van der Waals surface area contributed by atoms with Crippen molar-refractivity contribution in [1.29, 1.82) is 0 Å². The summed E-state index contributed by atoms with van der Waals surface area (Å²) in [5.41, 5.74) is 0.891. The van der Waals surface area contributed by atoms with Gasteiger partial charge in [0.15, 0.2) is 0 Å². The molecule has 0 fully saturated rings. The summed E-state index contributed by atoms with van der Waals surface area (Å²) in [6.45, 7) is 0.329. The van der Waals surface area contributed by atoms with Crippen LogP contribution in [0.4, 0.5) is 5.69 Å². The van der Waals surface area contributed by atoms with E-state index in [4.69, 9.17) is 9.52 Å². The third-order valence-corrected chi connectivity index (χ3v) is 2.76. The number of carbonyl (C=O) groups is 1. The fraction of sp³-hybridized carbons (Fsp3) is 0.0909. The monoisotopic (exact) mass is 296 g/mol. The van der Waals surface area contributed by atoms with Crippen molar-refractivity contribution >= 4 is 27.6 Å². The number of nitrogens with one attached hydrogen (secondary N) is 1. The van der Waals surface area contributed by atoms with E-state index < -0.39 is 5.97 Å². The van der Waals surface area contributed by atoms with Crippen LogP contribution in [-0.2, 0) is 6.54 Å². The normalized spacial score (nSPS) is 10.2. The number of aromatic carboxylic acids is 1. The van der Waals surface area contributed by atoms with Crippen LogP contribution in [0, 0.1) is 0 Å². The maximum absolute atomic E-state index is 10.6. The average molecular weight is 297 g/mol. The highest BCUT2D eigenvalue weighted by atomic mass is 79.9. The van der Waals surface area contributed by atoms with E-state index in [0.717, 1.165) is 10.2 Å². The Bertz CT molecular complexity index is 539. The van der Waals surface area contributed by atoms with Crippen molar-refractivity contribution in [2.45, 2.75) is 6.54 Å². The number of aromatic nitrogens is 1. The molecule has 0 spiro atoms. The molecule has 0 saturated heterocycles. The van der Waals surface area contributed by atoms with Gasteiger partial charge in [-0.25, -0.2) is 9.78 Å². The molecule has 0 saturated carbocycles. The highest BCUT2D eigenvalue weighted by molar-refractivity contribution is 9.10. The number of para-hydroxylation sites is 1. The van der Waals surface area contributed by atoms with E-state index >= 15 is 0 Å². The Morgan fingerprint density at radius 2 is 2.24 bits per heavy atom. The Morgan fingerprint density at radius 1 is 1.47 bits per heavy atom. The molecule has 0 radical (unpaired) electrons. The van der Waals surface area contributed by atoms with Gasteiger partial charge in [0.25, 0.3) is 0 Å². The molecule has 17 heavy (non-hydrogen) atoms. The first-order valence-electron chi connectivity index (χ1n) is 4.83.